The lowest BCUT2D eigenvalue weighted by molar-refractivity contribution is 0.174. The summed E-state index contributed by atoms with van der Waals surface area (Å²) < 4.78 is 0. The first-order valence-electron chi connectivity index (χ1n) is 10.7. The summed E-state index contributed by atoms with van der Waals surface area (Å²) in [5.41, 5.74) is 8.54. The van der Waals surface area contributed by atoms with Crippen LogP contribution in [0.4, 0.5) is 0 Å². The zero-order valence-electron chi connectivity index (χ0n) is 17.4. The Morgan fingerprint density at radius 1 is 0.862 bits per heavy atom. The maximum absolute atomic E-state index is 4.04. The van der Waals surface area contributed by atoms with Crippen molar-refractivity contribution in [3.8, 4) is 11.1 Å². The van der Waals surface area contributed by atoms with Gasteiger partial charge in [-0.25, -0.2) is 0 Å². The van der Waals surface area contributed by atoms with Gasteiger partial charge in [0.1, 0.15) is 0 Å². The van der Waals surface area contributed by atoms with E-state index in [0.29, 0.717) is 5.92 Å². The molecule has 0 saturated carbocycles. The molecule has 0 aromatic heterocycles. The minimum absolute atomic E-state index is 0.00181. The van der Waals surface area contributed by atoms with E-state index in [-0.39, 0.29) is 10.8 Å². The highest BCUT2D eigenvalue weighted by Gasteiger charge is 2.53. The Morgan fingerprint density at radius 3 is 2.10 bits per heavy atom. The van der Waals surface area contributed by atoms with Crippen LogP contribution >= 0.6 is 0 Å². The van der Waals surface area contributed by atoms with Gasteiger partial charge in [-0.15, -0.1) is 6.58 Å². The molecule has 2 aliphatic carbocycles. The number of hydrogen-bond acceptors (Lipinski definition) is 0. The Balaban J connectivity index is 1.75. The number of allylic oxidation sites excluding steroid dienone is 2. The fourth-order valence-corrected chi connectivity index (χ4v) is 5.99. The van der Waals surface area contributed by atoms with Crippen LogP contribution in [0.2, 0.25) is 0 Å². The first kappa shape index (κ1) is 18.2. The zero-order valence-corrected chi connectivity index (χ0v) is 17.4. The molecule has 0 fully saturated rings. The molecule has 3 aromatic carbocycles. The lowest BCUT2D eigenvalue weighted by Gasteiger charge is -2.49. The van der Waals surface area contributed by atoms with Crippen molar-refractivity contribution in [1.29, 1.82) is 0 Å². The molecule has 0 nitrogen and oxygen atoms in total. The van der Waals surface area contributed by atoms with Gasteiger partial charge in [-0.05, 0) is 51.6 Å². The van der Waals surface area contributed by atoms with E-state index in [1.807, 2.05) is 0 Å². The maximum atomic E-state index is 4.04. The highest BCUT2D eigenvalue weighted by atomic mass is 14.6. The third kappa shape index (κ3) is 2.45. The molecule has 0 saturated heterocycles. The molecule has 0 bridgehead atoms. The topological polar surface area (TPSA) is 0 Å². The fraction of sp³-hybridized carbons (Fsp3) is 0.241. The van der Waals surface area contributed by atoms with Crippen LogP contribution in [-0.2, 0) is 5.41 Å². The van der Waals surface area contributed by atoms with Crippen molar-refractivity contribution >= 4 is 6.08 Å². The molecule has 0 spiro atoms. The van der Waals surface area contributed by atoms with Gasteiger partial charge in [0.2, 0.25) is 0 Å². The third-order valence-electron chi connectivity index (χ3n) is 7.44. The van der Waals surface area contributed by atoms with E-state index < -0.39 is 0 Å². The summed E-state index contributed by atoms with van der Waals surface area (Å²) in [6.45, 7) is 8.99. The molecule has 0 N–H and O–H groups in total. The van der Waals surface area contributed by atoms with E-state index in [2.05, 4.69) is 111 Å². The largest absolute Gasteiger partial charge is 0.103 e. The van der Waals surface area contributed by atoms with Crippen molar-refractivity contribution in [1.82, 2.24) is 0 Å². The molecule has 29 heavy (non-hydrogen) atoms. The quantitative estimate of drug-likeness (QED) is 0.399. The van der Waals surface area contributed by atoms with Gasteiger partial charge in [-0.3, -0.25) is 0 Å². The van der Waals surface area contributed by atoms with E-state index in [4.69, 9.17) is 0 Å². The van der Waals surface area contributed by atoms with Crippen molar-refractivity contribution in [3.05, 3.63) is 114 Å². The summed E-state index contributed by atoms with van der Waals surface area (Å²) in [7, 11) is 0. The Hall–Kier alpha value is -2.86. The summed E-state index contributed by atoms with van der Waals surface area (Å²) >= 11 is 0. The predicted molar refractivity (Wildman–Crippen MR) is 124 cm³/mol. The van der Waals surface area contributed by atoms with Crippen molar-refractivity contribution < 1.29 is 0 Å². The molecule has 144 valence electrons. The average Bonchev–Trinajstić information content (AvgIpc) is 3.30. The van der Waals surface area contributed by atoms with Gasteiger partial charge in [0.05, 0.1) is 0 Å². The molecule has 5 rings (SSSR count). The number of rotatable bonds is 5. The minimum atomic E-state index is -0.0208. The van der Waals surface area contributed by atoms with E-state index in [0.717, 1.165) is 12.8 Å². The van der Waals surface area contributed by atoms with Gasteiger partial charge < -0.3 is 0 Å². The standard InChI is InChI=1S/C29H28/c1-4-5-19-29(20-18-21-12-6-11-17-26(21)29)28(2,3)27-24-15-9-7-13-22(24)23-14-8-10-16-25(23)27/h4,6-18,20,27H,1,5,19H2,2-3H3. The van der Waals surface area contributed by atoms with Crippen LogP contribution in [-0.4, -0.2) is 0 Å². The molecule has 0 amide bonds. The van der Waals surface area contributed by atoms with E-state index >= 15 is 0 Å². The Kier molecular flexibility index (Phi) is 4.13. The van der Waals surface area contributed by atoms with E-state index in [1.165, 1.54) is 33.4 Å². The molecule has 1 unspecified atom stereocenters. The van der Waals surface area contributed by atoms with Gasteiger partial charge in [-0.1, -0.05) is 105 Å². The first-order chi connectivity index (χ1) is 14.1. The average molecular weight is 377 g/mol. The second kappa shape index (κ2) is 6.59. The van der Waals surface area contributed by atoms with Crippen molar-refractivity contribution in [2.24, 2.45) is 5.41 Å². The van der Waals surface area contributed by atoms with Crippen LogP contribution in [0.5, 0.6) is 0 Å². The van der Waals surface area contributed by atoms with Gasteiger partial charge >= 0.3 is 0 Å². The summed E-state index contributed by atoms with van der Waals surface area (Å²) in [4.78, 5) is 0. The first-order valence-corrected chi connectivity index (χ1v) is 10.7. The Bertz CT molecular complexity index is 1070. The predicted octanol–water partition coefficient (Wildman–Crippen LogP) is 7.76. The minimum Gasteiger partial charge on any atom is -0.103 e. The smallest absolute Gasteiger partial charge is 0.0204 e. The summed E-state index contributed by atoms with van der Waals surface area (Å²) in [5.74, 6) is 0.357. The SMILES string of the molecule is C=CCCC1(C(C)(C)C2c3ccccc3-c3ccccc32)C=Cc2ccccc21. The molecule has 0 aliphatic heterocycles. The van der Waals surface area contributed by atoms with Gasteiger partial charge in [0.25, 0.3) is 0 Å². The number of hydrogen-bond donors (Lipinski definition) is 0. The second-order valence-electron chi connectivity index (χ2n) is 9.05. The molecular weight excluding hydrogens is 348 g/mol. The number of fused-ring (bicyclic) bond motifs is 4. The van der Waals surface area contributed by atoms with Crippen LogP contribution in [0.1, 0.15) is 54.9 Å². The van der Waals surface area contributed by atoms with Crippen LogP contribution in [0.25, 0.3) is 17.2 Å². The van der Waals surface area contributed by atoms with Crippen LogP contribution in [0, 0.1) is 5.41 Å². The summed E-state index contributed by atoms with van der Waals surface area (Å²) in [6.07, 6.45) is 9.00. The van der Waals surface area contributed by atoms with Gasteiger partial charge in [0.15, 0.2) is 0 Å². The Labute approximate surface area is 174 Å². The lowest BCUT2D eigenvalue weighted by Crippen LogP contribution is -2.43. The highest BCUT2D eigenvalue weighted by molar-refractivity contribution is 5.80. The van der Waals surface area contributed by atoms with E-state index in [9.17, 15) is 0 Å². The van der Waals surface area contributed by atoms with Crippen molar-refractivity contribution in [3.63, 3.8) is 0 Å². The third-order valence-corrected chi connectivity index (χ3v) is 7.44. The molecule has 1 atom stereocenters. The second-order valence-corrected chi connectivity index (χ2v) is 9.05. The van der Waals surface area contributed by atoms with Crippen LogP contribution < -0.4 is 0 Å². The molecule has 3 aromatic rings. The monoisotopic (exact) mass is 376 g/mol. The molecule has 0 heteroatoms. The molecule has 0 radical (unpaired) electrons. The highest BCUT2D eigenvalue weighted by Crippen LogP contribution is 2.62. The summed E-state index contributed by atoms with van der Waals surface area (Å²) in [6, 6.07) is 26.9. The van der Waals surface area contributed by atoms with Gasteiger partial charge in [-0.2, -0.15) is 0 Å². The zero-order chi connectivity index (χ0) is 20.1. The van der Waals surface area contributed by atoms with Crippen molar-refractivity contribution in [2.75, 3.05) is 0 Å². The van der Waals surface area contributed by atoms with Crippen LogP contribution in [0.3, 0.4) is 0 Å². The molecular formula is C29H28. The molecule has 0 heterocycles. The maximum Gasteiger partial charge on any atom is 0.0204 e. The fourth-order valence-electron chi connectivity index (χ4n) is 5.99. The summed E-state index contributed by atoms with van der Waals surface area (Å²) in [5, 5.41) is 0. The van der Waals surface area contributed by atoms with Gasteiger partial charge in [0, 0.05) is 11.3 Å². The van der Waals surface area contributed by atoms with Crippen LogP contribution in [0.15, 0.2) is 91.5 Å². The Morgan fingerprint density at radius 2 is 1.45 bits per heavy atom. The van der Waals surface area contributed by atoms with Crippen molar-refractivity contribution in [2.45, 2.75) is 38.0 Å². The van der Waals surface area contributed by atoms with E-state index in [1.54, 1.807) is 0 Å². The number of benzene rings is 3. The normalized spacial score (nSPS) is 19.7. The molecule has 2 aliphatic rings. The lowest BCUT2D eigenvalue weighted by atomic mass is 9.54.